The van der Waals surface area contributed by atoms with E-state index in [1.165, 1.54) is 24.3 Å². The minimum atomic E-state index is -0.484. The highest BCUT2D eigenvalue weighted by Gasteiger charge is 2.11. The van der Waals surface area contributed by atoms with Gasteiger partial charge >= 0.3 is 6.03 Å². The number of nitrogens with zero attached hydrogens (tertiary/aromatic N) is 2. The third kappa shape index (κ3) is 4.18. The molecule has 2 N–H and O–H groups in total. The van der Waals surface area contributed by atoms with E-state index in [2.05, 4.69) is 15.5 Å². The molecule has 8 heteroatoms. The number of benzene rings is 1. The zero-order valence-electron chi connectivity index (χ0n) is 10.9. The number of ether oxygens (including phenoxy) is 1. The number of rotatable bonds is 4. The Morgan fingerprint density at radius 3 is 2.55 bits per heavy atom. The van der Waals surface area contributed by atoms with Crippen LogP contribution in [0.2, 0.25) is 0 Å². The second-order valence-corrected chi connectivity index (χ2v) is 4.32. The van der Waals surface area contributed by atoms with E-state index in [0.717, 1.165) is 13.1 Å². The van der Waals surface area contributed by atoms with E-state index in [1.807, 2.05) is 0 Å². The number of carbonyl (C=O) groups excluding carboxylic acids is 1. The van der Waals surface area contributed by atoms with Crippen LogP contribution in [0, 0.1) is 10.1 Å². The van der Waals surface area contributed by atoms with Gasteiger partial charge in [0.25, 0.3) is 5.69 Å². The van der Waals surface area contributed by atoms with Gasteiger partial charge in [-0.25, -0.2) is 4.79 Å². The number of hydrogen-bond donors (Lipinski definition) is 2. The van der Waals surface area contributed by atoms with Gasteiger partial charge in [-0.15, -0.1) is 0 Å². The molecule has 8 nitrogen and oxygen atoms in total. The summed E-state index contributed by atoms with van der Waals surface area (Å²) in [4.78, 5) is 23.7. The largest absolute Gasteiger partial charge is 0.379 e. The zero-order valence-corrected chi connectivity index (χ0v) is 10.9. The average molecular weight is 280 g/mol. The molecule has 2 amide bonds. The Morgan fingerprint density at radius 1 is 1.30 bits per heavy atom. The number of nitrogens with one attached hydrogen (secondary N) is 2. The summed E-state index contributed by atoms with van der Waals surface area (Å²) in [5.41, 5.74) is 0.499. The van der Waals surface area contributed by atoms with Crippen LogP contribution >= 0.6 is 0 Å². The fourth-order valence-corrected chi connectivity index (χ4v) is 1.78. The van der Waals surface area contributed by atoms with E-state index in [0.29, 0.717) is 25.6 Å². The summed E-state index contributed by atoms with van der Waals surface area (Å²) in [6, 6.07) is 5.33. The summed E-state index contributed by atoms with van der Waals surface area (Å²) in [5.74, 6) is 0. The molecule has 0 aromatic heterocycles. The Morgan fingerprint density at radius 2 is 1.95 bits per heavy atom. The number of amides is 2. The standard InChI is InChI=1S/C12H16N4O4/c17-12(13-9-15-5-7-20-8-6-15)14-10-1-3-11(4-2-10)16(18)19/h1-4H,5-9H2,(H2,13,14,17). The van der Waals surface area contributed by atoms with E-state index in [4.69, 9.17) is 4.74 Å². The minimum absolute atomic E-state index is 0.00993. The maximum Gasteiger partial charge on any atom is 0.320 e. The molecule has 1 aliphatic heterocycles. The van der Waals surface area contributed by atoms with Crippen LogP contribution in [0.25, 0.3) is 0 Å². The lowest BCUT2D eigenvalue weighted by molar-refractivity contribution is -0.384. The first kappa shape index (κ1) is 14.2. The van der Waals surface area contributed by atoms with Crippen molar-refractivity contribution in [3.63, 3.8) is 0 Å². The molecule has 0 saturated carbocycles. The lowest BCUT2D eigenvalue weighted by atomic mass is 10.3. The molecule has 20 heavy (non-hydrogen) atoms. The van der Waals surface area contributed by atoms with Gasteiger partial charge in [-0.3, -0.25) is 15.0 Å². The van der Waals surface area contributed by atoms with Crippen LogP contribution in [0.5, 0.6) is 0 Å². The molecule has 0 atom stereocenters. The van der Waals surface area contributed by atoms with Crippen LogP contribution in [-0.4, -0.2) is 48.8 Å². The van der Waals surface area contributed by atoms with Crippen molar-refractivity contribution in [2.45, 2.75) is 0 Å². The molecule has 0 aliphatic carbocycles. The lowest BCUT2D eigenvalue weighted by Gasteiger charge is -2.26. The SMILES string of the molecule is O=C(NCN1CCOCC1)Nc1ccc([N+](=O)[O-])cc1. The van der Waals surface area contributed by atoms with Crippen LogP contribution < -0.4 is 10.6 Å². The van der Waals surface area contributed by atoms with E-state index >= 15 is 0 Å². The van der Waals surface area contributed by atoms with Crippen molar-refractivity contribution in [1.29, 1.82) is 0 Å². The fourth-order valence-electron chi connectivity index (χ4n) is 1.78. The number of anilines is 1. The molecule has 0 radical (unpaired) electrons. The molecule has 1 aliphatic rings. The maximum atomic E-state index is 11.7. The number of non-ortho nitro benzene ring substituents is 1. The van der Waals surface area contributed by atoms with E-state index in [1.54, 1.807) is 0 Å². The quantitative estimate of drug-likeness (QED) is 0.633. The van der Waals surface area contributed by atoms with Crippen LogP contribution in [0.4, 0.5) is 16.2 Å². The lowest BCUT2D eigenvalue weighted by Crippen LogP contribution is -2.44. The molecular weight excluding hydrogens is 264 g/mol. The molecular formula is C12H16N4O4. The van der Waals surface area contributed by atoms with Crippen molar-refractivity contribution < 1.29 is 14.5 Å². The number of hydrogen-bond acceptors (Lipinski definition) is 5. The van der Waals surface area contributed by atoms with Crippen LogP contribution in [0.1, 0.15) is 0 Å². The number of carbonyl (C=O) groups is 1. The van der Waals surface area contributed by atoms with Gasteiger partial charge in [0.15, 0.2) is 0 Å². The average Bonchev–Trinajstić information content (AvgIpc) is 2.47. The molecule has 1 heterocycles. The first-order chi connectivity index (χ1) is 9.65. The Labute approximate surface area is 115 Å². The van der Waals surface area contributed by atoms with Gasteiger partial charge in [-0.1, -0.05) is 0 Å². The molecule has 0 unspecified atom stereocenters. The number of nitro groups is 1. The first-order valence-corrected chi connectivity index (χ1v) is 6.24. The van der Waals surface area contributed by atoms with Crippen LogP contribution in [0.15, 0.2) is 24.3 Å². The molecule has 1 saturated heterocycles. The molecule has 1 aromatic rings. The Hall–Kier alpha value is -2.19. The van der Waals surface area contributed by atoms with Gasteiger partial charge in [0.2, 0.25) is 0 Å². The highest BCUT2D eigenvalue weighted by atomic mass is 16.6. The van der Waals surface area contributed by atoms with Crippen molar-refractivity contribution in [3.8, 4) is 0 Å². The smallest absolute Gasteiger partial charge is 0.320 e. The van der Waals surface area contributed by atoms with Gasteiger partial charge in [0, 0.05) is 30.9 Å². The van der Waals surface area contributed by atoms with Crippen molar-refractivity contribution in [3.05, 3.63) is 34.4 Å². The molecule has 1 fully saturated rings. The van der Waals surface area contributed by atoms with Crippen molar-refractivity contribution >= 4 is 17.4 Å². The Balaban J connectivity index is 1.77. The molecule has 1 aromatic carbocycles. The highest BCUT2D eigenvalue weighted by Crippen LogP contribution is 2.15. The molecule has 2 rings (SSSR count). The van der Waals surface area contributed by atoms with Crippen molar-refractivity contribution in [1.82, 2.24) is 10.2 Å². The molecule has 108 valence electrons. The second kappa shape index (κ2) is 6.83. The van der Waals surface area contributed by atoms with Crippen molar-refractivity contribution in [2.75, 3.05) is 38.3 Å². The second-order valence-electron chi connectivity index (χ2n) is 4.32. The Kier molecular flexibility index (Phi) is 4.85. The van der Waals surface area contributed by atoms with E-state index in [9.17, 15) is 14.9 Å². The summed E-state index contributed by atoms with van der Waals surface area (Å²) in [6.07, 6.45) is 0. The van der Waals surface area contributed by atoms with E-state index in [-0.39, 0.29) is 11.7 Å². The third-order valence-corrected chi connectivity index (χ3v) is 2.90. The fraction of sp³-hybridized carbons (Fsp3) is 0.417. The summed E-state index contributed by atoms with van der Waals surface area (Å²) in [7, 11) is 0. The van der Waals surface area contributed by atoms with Gasteiger partial charge in [0.1, 0.15) is 0 Å². The van der Waals surface area contributed by atoms with Crippen LogP contribution in [0.3, 0.4) is 0 Å². The summed E-state index contributed by atoms with van der Waals surface area (Å²) < 4.78 is 5.21. The monoisotopic (exact) mass is 280 g/mol. The van der Waals surface area contributed by atoms with Crippen LogP contribution in [-0.2, 0) is 4.74 Å². The van der Waals surface area contributed by atoms with E-state index < -0.39 is 4.92 Å². The third-order valence-electron chi connectivity index (χ3n) is 2.90. The predicted molar refractivity (Wildman–Crippen MR) is 72.5 cm³/mol. The number of morpholine rings is 1. The van der Waals surface area contributed by atoms with Crippen molar-refractivity contribution in [2.24, 2.45) is 0 Å². The summed E-state index contributed by atoms with van der Waals surface area (Å²) >= 11 is 0. The molecule has 0 spiro atoms. The minimum Gasteiger partial charge on any atom is -0.379 e. The Bertz CT molecular complexity index is 471. The maximum absolute atomic E-state index is 11.7. The molecule has 0 bridgehead atoms. The summed E-state index contributed by atoms with van der Waals surface area (Å²) in [5, 5.41) is 15.8. The van der Waals surface area contributed by atoms with Gasteiger partial charge in [0.05, 0.1) is 24.8 Å². The zero-order chi connectivity index (χ0) is 14.4. The highest BCUT2D eigenvalue weighted by molar-refractivity contribution is 5.89. The van der Waals surface area contributed by atoms with Gasteiger partial charge in [-0.2, -0.15) is 0 Å². The number of urea groups is 1. The number of nitro benzene ring substituents is 1. The van der Waals surface area contributed by atoms with Gasteiger partial charge in [-0.05, 0) is 12.1 Å². The predicted octanol–water partition coefficient (Wildman–Crippen LogP) is 1.01. The first-order valence-electron chi connectivity index (χ1n) is 6.24. The van der Waals surface area contributed by atoms with Gasteiger partial charge < -0.3 is 15.4 Å². The normalized spacial score (nSPS) is 15.6. The summed E-state index contributed by atoms with van der Waals surface area (Å²) in [6.45, 7) is 3.37. The topological polar surface area (TPSA) is 96.7 Å².